The van der Waals surface area contributed by atoms with Gasteiger partial charge in [0.25, 0.3) is 0 Å². The first kappa shape index (κ1) is 20.2. The van der Waals surface area contributed by atoms with Crippen LogP contribution in [-0.4, -0.2) is 30.3 Å². The maximum Gasteiger partial charge on any atom is 0.233 e. The average molecular weight is 432 g/mol. The number of phenols is 1. The highest BCUT2D eigenvalue weighted by atomic mass is 16.5. The van der Waals surface area contributed by atoms with Crippen molar-refractivity contribution in [3.8, 4) is 17.2 Å². The molecule has 0 unspecified atom stereocenters. The van der Waals surface area contributed by atoms with Crippen molar-refractivity contribution >= 4 is 11.7 Å². The Morgan fingerprint density at radius 1 is 1.09 bits per heavy atom. The molecule has 7 heteroatoms. The van der Waals surface area contributed by atoms with E-state index >= 15 is 0 Å². The molecule has 164 valence electrons. The molecule has 0 saturated carbocycles. The van der Waals surface area contributed by atoms with Gasteiger partial charge in [0.1, 0.15) is 17.2 Å². The number of Topliss-reactive ketones (excluding diaryl/α,β-unsaturated/α-hetero) is 1. The van der Waals surface area contributed by atoms with Crippen molar-refractivity contribution in [3.05, 3.63) is 76.1 Å². The predicted octanol–water partition coefficient (Wildman–Crippen LogP) is 4.66. The fourth-order valence-corrected chi connectivity index (χ4v) is 4.82. The Morgan fingerprint density at radius 3 is 2.59 bits per heavy atom. The fourth-order valence-electron chi connectivity index (χ4n) is 4.82. The summed E-state index contributed by atoms with van der Waals surface area (Å²) in [5.41, 5.74) is 5.03. The summed E-state index contributed by atoms with van der Waals surface area (Å²) in [6.45, 7) is 1.88. The first-order valence-corrected chi connectivity index (χ1v) is 10.5. The number of allylic oxidation sites excluding steroid dienone is 2. The number of methoxy groups -OCH3 is 2. The highest BCUT2D eigenvalue weighted by molar-refractivity contribution is 6.01. The average Bonchev–Trinajstić information content (AvgIpc) is 3.18. The molecule has 5 rings (SSSR count). The Kier molecular flexibility index (Phi) is 4.89. The monoisotopic (exact) mass is 432 g/mol. The van der Waals surface area contributed by atoms with Gasteiger partial charge in [-0.25, -0.2) is 0 Å². The van der Waals surface area contributed by atoms with Crippen LogP contribution in [0, 0.1) is 6.92 Å². The topological polar surface area (TPSA) is 93.8 Å². The Balaban J connectivity index is 1.64. The van der Waals surface area contributed by atoms with Crippen molar-refractivity contribution in [2.24, 2.45) is 0 Å². The van der Waals surface area contributed by atoms with Crippen LogP contribution in [0.5, 0.6) is 17.2 Å². The Labute approximate surface area is 185 Å². The van der Waals surface area contributed by atoms with Crippen LogP contribution in [0.2, 0.25) is 0 Å². The molecule has 1 aromatic heterocycles. The molecule has 0 bridgehead atoms. The van der Waals surface area contributed by atoms with Gasteiger partial charge in [0, 0.05) is 29.3 Å². The second-order valence-electron chi connectivity index (χ2n) is 8.19. The first-order valence-electron chi connectivity index (χ1n) is 10.5. The second-order valence-corrected chi connectivity index (χ2v) is 8.19. The van der Waals surface area contributed by atoms with Gasteiger partial charge < -0.3 is 24.4 Å². The third-order valence-corrected chi connectivity index (χ3v) is 6.37. The van der Waals surface area contributed by atoms with E-state index in [1.54, 1.807) is 26.4 Å². The number of aryl methyl sites for hydroxylation is 1. The quantitative estimate of drug-likeness (QED) is 0.619. The third kappa shape index (κ3) is 3.21. The molecule has 2 aliphatic rings. The summed E-state index contributed by atoms with van der Waals surface area (Å²) in [5, 5.41) is 17.1. The summed E-state index contributed by atoms with van der Waals surface area (Å²) in [6, 6.07) is 12.7. The zero-order chi connectivity index (χ0) is 22.4. The number of aromatic hydroxyl groups is 1. The number of nitrogens with zero attached hydrogens (tertiary/aromatic N) is 1. The summed E-state index contributed by atoms with van der Waals surface area (Å²) in [4.78, 5) is 13.6. The van der Waals surface area contributed by atoms with Gasteiger partial charge >= 0.3 is 0 Å². The maximum absolute atomic E-state index is 13.6. The van der Waals surface area contributed by atoms with Gasteiger partial charge in [-0.1, -0.05) is 23.4 Å². The number of benzene rings is 2. The third-order valence-electron chi connectivity index (χ3n) is 6.37. The van der Waals surface area contributed by atoms with Crippen molar-refractivity contribution in [3.63, 3.8) is 0 Å². The van der Waals surface area contributed by atoms with Crippen molar-refractivity contribution < 1.29 is 23.9 Å². The molecule has 2 aromatic carbocycles. The van der Waals surface area contributed by atoms with Crippen LogP contribution in [0.3, 0.4) is 0 Å². The van der Waals surface area contributed by atoms with Crippen molar-refractivity contribution in [2.45, 2.75) is 31.6 Å². The molecule has 32 heavy (non-hydrogen) atoms. The molecule has 1 aliphatic heterocycles. The zero-order valence-electron chi connectivity index (χ0n) is 18.1. The Morgan fingerprint density at radius 2 is 1.88 bits per heavy atom. The van der Waals surface area contributed by atoms with E-state index in [2.05, 4.69) is 10.5 Å². The minimum atomic E-state index is -0.346. The Hall–Kier alpha value is -3.74. The summed E-state index contributed by atoms with van der Waals surface area (Å²) >= 11 is 0. The number of fused-ring (bicyclic) bond motifs is 1. The fraction of sp³-hybridized carbons (Fsp3) is 0.280. The normalized spacial score (nSPS) is 19.8. The number of carbonyl (C=O) groups excluding carboxylic acids is 1. The second kappa shape index (κ2) is 7.75. The molecule has 7 nitrogen and oxygen atoms in total. The molecular weight excluding hydrogens is 408 g/mol. The number of rotatable bonds is 4. The minimum absolute atomic E-state index is 0.0123. The van der Waals surface area contributed by atoms with Crippen LogP contribution in [0.4, 0.5) is 5.88 Å². The molecular formula is C25H24N2O5. The van der Waals surface area contributed by atoms with Gasteiger partial charge in [-0.05, 0) is 43.0 Å². The number of aromatic nitrogens is 1. The van der Waals surface area contributed by atoms with Crippen LogP contribution in [0.1, 0.15) is 47.1 Å². The van der Waals surface area contributed by atoms with E-state index in [4.69, 9.17) is 14.0 Å². The summed E-state index contributed by atoms with van der Waals surface area (Å²) in [7, 11) is 3.22. The highest BCUT2D eigenvalue weighted by Gasteiger charge is 2.42. The SMILES string of the molecule is COc1ccc([C@@H]2C3=C(C[C@@H](c4ccc(O)cc4)CC3=O)Nc3onc(C)c32)c(OC)c1. The van der Waals surface area contributed by atoms with Gasteiger partial charge in [-0.3, -0.25) is 4.79 Å². The van der Waals surface area contributed by atoms with Crippen molar-refractivity contribution in [1.82, 2.24) is 5.16 Å². The number of carbonyl (C=O) groups is 1. The lowest BCUT2D eigenvalue weighted by molar-refractivity contribution is -0.116. The van der Waals surface area contributed by atoms with E-state index < -0.39 is 0 Å². The van der Waals surface area contributed by atoms with Crippen molar-refractivity contribution in [2.75, 3.05) is 19.5 Å². The molecule has 0 spiro atoms. The van der Waals surface area contributed by atoms with Gasteiger partial charge in [-0.15, -0.1) is 0 Å². The predicted molar refractivity (Wildman–Crippen MR) is 118 cm³/mol. The number of ether oxygens (including phenoxy) is 2. The van der Waals surface area contributed by atoms with Crippen LogP contribution in [0.25, 0.3) is 0 Å². The molecule has 2 N–H and O–H groups in total. The lowest BCUT2D eigenvalue weighted by Gasteiger charge is -2.35. The number of hydrogen-bond donors (Lipinski definition) is 2. The number of nitrogens with one attached hydrogen (secondary N) is 1. The van der Waals surface area contributed by atoms with Crippen LogP contribution >= 0.6 is 0 Å². The van der Waals surface area contributed by atoms with Gasteiger partial charge in [0.15, 0.2) is 5.78 Å². The minimum Gasteiger partial charge on any atom is -0.508 e. The number of phenolic OH excluding ortho intramolecular Hbond substituents is 1. The smallest absolute Gasteiger partial charge is 0.233 e. The largest absolute Gasteiger partial charge is 0.508 e. The van der Waals surface area contributed by atoms with E-state index in [0.29, 0.717) is 30.2 Å². The maximum atomic E-state index is 13.6. The molecule has 2 heterocycles. The summed E-state index contributed by atoms with van der Waals surface area (Å²) in [5.74, 6) is 1.83. The highest BCUT2D eigenvalue weighted by Crippen LogP contribution is 2.51. The molecule has 0 amide bonds. The summed E-state index contributed by atoms with van der Waals surface area (Å²) < 4.78 is 16.6. The van der Waals surface area contributed by atoms with Gasteiger partial charge in [0.2, 0.25) is 5.88 Å². The van der Waals surface area contributed by atoms with E-state index in [-0.39, 0.29) is 23.4 Å². The van der Waals surface area contributed by atoms with Crippen LogP contribution in [0.15, 0.2) is 58.3 Å². The molecule has 2 atom stereocenters. The Bertz CT molecular complexity index is 1230. The zero-order valence-corrected chi connectivity index (χ0v) is 18.1. The van der Waals surface area contributed by atoms with Gasteiger partial charge in [0.05, 0.1) is 31.4 Å². The molecule has 0 radical (unpaired) electrons. The number of hydrogen-bond acceptors (Lipinski definition) is 7. The van der Waals surface area contributed by atoms with E-state index in [1.165, 1.54) is 0 Å². The molecule has 0 saturated heterocycles. The molecule has 0 fully saturated rings. The summed E-state index contributed by atoms with van der Waals surface area (Å²) in [6.07, 6.45) is 1.04. The lowest BCUT2D eigenvalue weighted by Crippen LogP contribution is -2.29. The van der Waals surface area contributed by atoms with Crippen molar-refractivity contribution in [1.29, 1.82) is 0 Å². The molecule has 1 aliphatic carbocycles. The van der Waals surface area contributed by atoms with E-state index in [1.807, 2.05) is 37.3 Å². The number of anilines is 1. The standard InChI is InChI=1S/C25H24N2O5/c1-13-22-23(18-9-8-17(30-2)12-21(18)31-3)24-19(26-25(22)32-27-13)10-15(11-20(24)29)14-4-6-16(28)7-5-14/h4-9,12,15,23,26,28H,10-11H2,1-3H3/t15-,23+/m1/s1. The van der Waals surface area contributed by atoms with Gasteiger partial charge in [-0.2, -0.15) is 0 Å². The van der Waals surface area contributed by atoms with Crippen LogP contribution < -0.4 is 14.8 Å². The first-order chi connectivity index (χ1) is 15.5. The van der Waals surface area contributed by atoms with E-state index in [0.717, 1.165) is 33.7 Å². The molecule has 3 aromatic rings. The van der Waals surface area contributed by atoms with E-state index in [9.17, 15) is 9.90 Å². The number of ketones is 1. The lowest BCUT2D eigenvalue weighted by atomic mass is 9.72. The van der Waals surface area contributed by atoms with Crippen LogP contribution in [-0.2, 0) is 4.79 Å².